The molecule has 0 fully saturated rings. The van der Waals surface area contributed by atoms with Crippen LogP contribution in [0.4, 0.5) is 0 Å². The van der Waals surface area contributed by atoms with Crippen LogP contribution in [-0.2, 0) is 11.8 Å². The van der Waals surface area contributed by atoms with Crippen molar-refractivity contribution >= 4 is 11.3 Å². The summed E-state index contributed by atoms with van der Waals surface area (Å²) in [5.74, 6) is 1.01. The van der Waals surface area contributed by atoms with Gasteiger partial charge in [0.2, 0.25) is 0 Å². The van der Waals surface area contributed by atoms with Crippen molar-refractivity contribution in [3.8, 4) is 5.75 Å². The molecule has 2 N–H and O–H groups in total. The first kappa shape index (κ1) is 13.7. The molecule has 2 aromatic rings. The van der Waals surface area contributed by atoms with Crippen LogP contribution in [0.3, 0.4) is 0 Å². The second-order valence-electron chi connectivity index (χ2n) is 6.06. The third kappa shape index (κ3) is 2.25. The Morgan fingerprint density at radius 2 is 2.10 bits per heavy atom. The van der Waals surface area contributed by atoms with Crippen LogP contribution >= 0.6 is 11.3 Å². The minimum Gasteiger partial charge on any atom is -0.492 e. The van der Waals surface area contributed by atoms with E-state index in [4.69, 9.17) is 10.5 Å². The standard InChI is InChI=1S/C17H21NOS/c1-4-12-6-8-15(20-12)16(18)11-5-7-14-13(9-11)17(2,3)10-19-14/h5-9,16H,4,10,18H2,1-3H3. The lowest BCUT2D eigenvalue weighted by molar-refractivity contribution is 0.291. The van der Waals surface area contributed by atoms with Crippen LogP contribution in [0.2, 0.25) is 0 Å². The van der Waals surface area contributed by atoms with Crippen molar-refractivity contribution in [1.29, 1.82) is 0 Å². The maximum Gasteiger partial charge on any atom is 0.123 e. The van der Waals surface area contributed by atoms with Crippen LogP contribution < -0.4 is 10.5 Å². The molecular weight excluding hydrogens is 266 g/mol. The van der Waals surface area contributed by atoms with Crippen molar-refractivity contribution in [3.63, 3.8) is 0 Å². The van der Waals surface area contributed by atoms with Gasteiger partial charge < -0.3 is 10.5 Å². The SMILES string of the molecule is CCc1ccc(C(N)c2ccc3c(c2)C(C)(C)CO3)s1. The Labute approximate surface area is 124 Å². The average Bonchev–Trinajstić information content (AvgIpc) is 3.03. The van der Waals surface area contributed by atoms with Gasteiger partial charge in [-0.15, -0.1) is 11.3 Å². The van der Waals surface area contributed by atoms with Crippen molar-refractivity contribution in [2.45, 2.75) is 38.6 Å². The fourth-order valence-corrected chi connectivity index (χ4v) is 3.63. The third-order valence-electron chi connectivity index (χ3n) is 4.02. The zero-order chi connectivity index (χ0) is 14.3. The van der Waals surface area contributed by atoms with E-state index in [1.54, 1.807) is 0 Å². The average molecular weight is 287 g/mol. The Bertz CT molecular complexity index is 630. The van der Waals surface area contributed by atoms with E-state index < -0.39 is 0 Å². The normalized spacial score (nSPS) is 17.6. The molecule has 2 nitrogen and oxygen atoms in total. The van der Waals surface area contributed by atoms with Gasteiger partial charge in [0.25, 0.3) is 0 Å². The molecule has 20 heavy (non-hydrogen) atoms. The van der Waals surface area contributed by atoms with Gasteiger partial charge in [-0.3, -0.25) is 0 Å². The summed E-state index contributed by atoms with van der Waals surface area (Å²) in [4.78, 5) is 2.62. The molecular formula is C17H21NOS. The first-order valence-corrected chi connectivity index (χ1v) is 7.94. The summed E-state index contributed by atoms with van der Waals surface area (Å²) in [6, 6.07) is 10.7. The molecule has 0 bridgehead atoms. The highest BCUT2D eigenvalue weighted by molar-refractivity contribution is 7.12. The Morgan fingerprint density at radius 3 is 2.80 bits per heavy atom. The van der Waals surface area contributed by atoms with E-state index in [-0.39, 0.29) is 11.5 Å². The second kappa shape index (κ2) is 4.90. The molecule has 0 radical (unpaired) electrons. The predicted octanol–water partition coefficient (Wildman–Crippen LogP) is 4.03. The summed E-state index contributed by atoms with van der Waals surface area (Å²) in [5, 5.41) is 0. The van der Waals surface area contributed by atoms with E-state index in [1.807, 2.05) is 11.3 Å². The van der Waals surface area contributed by atoms with E-state index in [0.717, 1.165) is 18.8 Å². The number of thiophene rings is 1. The zero-order valence-corrected chi connectivity index (χ0v) is 13.1. The number of ether oxygens (including phenoxy) is 1. The molecule has 1 aliphatic heterocycles. The summed E-state index contributed by atoms with van der Waals surface area (Å²) in [7, 11) is 0. The van der Waals surface area contributed by atoms with Crippen LogP contribution in [0, 0.1) is 0 Å². The number of aryl methyl sites for hydroxylation is 1. The fraction of sp³-hybridized carbons (Fsp3) is 0.412. The number of hydrogen-bond acceptors (Lipinski definition) is 3. The molecule has 3 rings (SSSR count). The summed E-state index contributed by atoms with van der Waals surface area (Å²) in [5.41, 5.74) is 8.96. The van der Waals surface area contributed by atoms with E-state index in [1.165, 1.54) is 20.9 Å². The summed E-state index contributed by atoms with van der Waals surface area (Å²) >= 11 is 1.81. The highest BCUT2D eigenvalue weighted by atomic mass is 32.1. The summed E-state index contributed by atoms with van der Waals surface area (Å²) in [6.45, 7) is 7.36. The molecule has 1 aliphatic rings. The van der Waals surface area contributed by atoms with Gasteiger partial charge in [-0.1, -0.05) is 26.8 Å². The maximum atomic E-state index is 6.44. The Hall–Kier alpha value is -1.32. The molecule has 1 unspecified atom stereocenters. The Kier molecular flexibility index (Phi) is 3.35. The van der Waals surface area contributed by atoms with Crippen molar-refractivity contribution < 1.29 is 4.74 Å². The van der Waals surface area contributed by atoms with Crippen molar-refractivity contribution in [2.24, 2.45) is 5.73 Å². The first-order valence-electron chi connectivity index (χ1n) is 7.12. The van der Waals surface area contributed by atoms with Gasteiger partial charge in [0.1, 0.15) is 5.75 Å². The van der Waals surface area contributed by atoms with Gasteiger partial charge in [0.15, 0.2) is 0 Å². The minimum atomic E-state index is -0.0398. The molecule has 1 aromatic heterocycles. The highest BCUT2D eigenvalue weighted by Gasteiger charge is 2.32. The smallest absolute Gasteiger partial charge is 0.123 e. The molecule has 2 heterocycles. The monoisotopic (exact) mass is 287 g/mol. The van der Waals surface area contributed by atoms with E-state index in [0.29, 0.717) is 0 Å². The first-order chi connectivity index (χ1) is 9.51. The quantitative estimate of drug-likeness (QED) is 0.925. The number of benzene rings is 1. The topological polar surface area (TPSA) is 35.2 Å². The van der Waals surface area contributed by atoms with Crippen molar-refractivity contribution in [3.05, 3.63) is 51.2 Å². The molecule has 0 amide bonds. The van der Waals surface area contributed by atoms with Gasteiger partial charge in [-0.05, 0) is 36.2 Å². The molecule has 0 aliphatic carbocycles. The molecule has 106 valence electrons. The van der Waals surface area contributed by atoms with Crippen LogP contribution in [0.15, 0.2) is 30.3 Å². The van der Waals surface area contributed by atoms with Crippen LogP contribution in [0.1, 0.15) is 47.7 Å². The van der Waals surface area contributed by atoms with E-state index >= 15 is 0 Å². The van der Waals surface area contributed by atoms with Gasteiger partial charge in [-0.25, -0.2) is 0 Å². The number of nitrogens with two attached hydrogens (primary N) is 1. The maximum absolute atomic E-state index is 6.44. The largest absolute Gasteiger partial charge is 0.492 e. The lowest BCUT2D eigenvalue weighted by atomic mass is 9.85. The molecule has 1 aromatic carbocycles. The molecule has 3 heteroatoms. The molecule has 0 saturated carbocycles. The van der Waals surface area contributed by atoms with E-state index in [2.05, 4.69) is 51.1 Å². The third-order valence-corrected chi connectivity index (χ3v) is 5.33. The fourth-order valence-electron chi connectivity index (χ4n) is 2.65. The minimum absolute atomic E-state index is 0.0398. The van der Waals surface area contributed by atoms with Crippen LogP contribution in [0.25, 0.3) is 0 Å². The van der Waals surface area contributed by atoms with Crippen molar-refractivity contribution in [1.82, 2.24) is 0 Å². The van der Waals surface area contributed by atoms with Gasteiger partial charge in [-0.2, -0.15) is 0 Å². The van der Waals surface area contributed by atoms with Gasteiger partial charge >= 0.3 is 0 Å². The number of rotatable bonds is 3. The number of hydrogen-bond donors (Lipinski definition) is 1. The second-order valence-corrected chi connectivity index (χ2v) is 7.26. The summed E-state index contributed by atoms with van der Waals surface area (Å²) in [6.07, 6.45) is 1.07. The highest BCUT2D eigenvalue weighted by Crippen LogP contribution is 2.40. The van der Waals surface area contributed by atoms with Crippen molar-refractivity contribution in [2.75, 3.05) is 6.61 Å². The Balaban J connectivity index is 1.95. The molecule has 1 atom stereocenters. The van der Waals surface area contributed by atoms with Gasteiger partial charge in [0, 0.05) is 20.7 Å². The van der Waals surface area contributed by atoms with Gasteiger partial charge in [0.05, 0.1) is 12.6 Å². The predicted molar refractivity (Wildman–Crippen MR) is 84.7 cm³/mol. The molecule has 0 saturated heterocycles. The molecule has 0 spiro atoms. The Morgan fingerprint density at radius 1 is 1.30 bits per heavy atom. The summed E-state index contributed by atoms with van der Waals surface area (Å²) < 4.78 is 5.74. The zero-order valence-electron chi connectivity index (χ0n) is 12.3. The lowest BCUT2D eigenvalue weighted by Crippen LogP contribution is -2.19. The van der Waals surface area contributed by atoms with Crippen LogP contribution in [0.5, 0.6) is 5.75 Å². The number of fused-ring (bicyclic) bond motifs is 1. The lowest BCUT2D eigenvalue weighted by Gasteiger charge is -2.17. The van der Waals surface area contributed by atoms with E-state index in [9.17, 15) is 0 Å². The van der Waals surface area contributed by atoms with Crippen LogP contribution in [-0.4, -0.2) is 6.61 Å².